The van der Waals surface area contributed by atoms with E-state index in [1.54, 1.807) is 12.1 Å². The number of para-hydroxylation sites is 1. The quantitative estimate of drug-likeness (QED) is 0.422. The number of halogens is 1. The van der Waals surface area contributed by atoms with Crippen molar-refractivity contribution in [3.05, 3.63) is 94.5 Å². The summed E-state index contributed by atoms with van der Waals surface area (Å²) in [5.41, 5.74) is 2.51. The third-order valence-electron chi connectivity index (χ3n) is 6.98. The summed E-state index contributed by atoms with van der Waals surface area (Å²) in [4.78, 5) is 11.2. The van der Waals surface area contributed by atoms with Gasteiger partial charge in [0.15, 0.2) is 0 Å². The smallest absolute Gasteiger partial charge is 0.335 e. The lowest BCUT2D eigenvalue weighted by Crippen LogP contribution is -2.26. The van der Waals surface area contributed by atoms with Gasteiger partial charge in [0.1, 0.15) is 11.5 Å². The Hall–Kier alpha value is -2.82. The normalized spacial score (nSPS) is 23.9. The molecule has 1 N–H and O–H groups in total. The highest BCUT2D eigenvalue weighted by Gasteiger charge is 2.55. The van der Waals surface area contributed by atoms with Crippen LogP contribution in [0, 0.1) is 0 Å². The Kier molecular flexibility index (Phi) is 5.44. The number of rotatable bonds is 7. The fourth-order valence-electron chi connectivity index (χ4n) is 5.33. The third kappa shape index (κ3) is 4.13. The Morgan fingerprint density at radius 3 is 2.31 bits per heavy atom. The van der Waals surface area contributed by atoms with Crippen LogP contribution in [0.5, 0.6) is 11.5 Å². The Bertz CT molecular complexity index is 1120. The van der Waals surface area contributed by atoms with Crippen molar-refractivity contribution in [2.45, 2.75) is 49.7 Å². The molecule has 0 atom stereocenters. The molecule has 4 nitrogen and oxygen atoms in total. The Balaban J connectivity index is 1.27. The predicted octanol–water partition coefficient (Wildman–Crippen LogP) is 7.00. The number of carbonyl (C=O) groups is 1. The highest BCUT2D eigenvalue weighted by Crippen LogP contribution is 2.59. The van der Waals surface area contributed by atoms with E-state index in [-0.39, 0.29) is 11.0 Å². The lowest BCUT2D eigenvalue weighted by molar-refractivity contribution is -0.0485. The van der Waals surface area contributed by atoms with Gasteiger partial charge in [-0.15, -0.1) is 0 Å². The number of hydrogen-bond donors (Lipinski definition) is 1. The van der Waals surface area contributed by atoms with Crippen molar-refractivity contribution >= 4 is 17.6 Å². The molecule has 0 spiro atoms. The number of aromatic carboxylic acids is 1. The molecule has 2 aliphatic carbocycles. The molecule has 0 amide bonds. The van der Waals surface area contributed by atoms with E-state index < -0.39 is 5.97 Å². The van der Waals surface area contributed by atoms with Crippen molar-refractivity contribution in [1.82, 2.24) is 0 Å². The van der Waals surface area contributed by atoms with Crippen molar-refractivity contribution in [1.29, 1.82) is 0 Å². The van der Waals surface area contributed by atoms with Crippen molar-refractivity contribution in [3.8, 4) is 11.5 Å². The van der Waals surface area contributed by atoms with Crippen LogP contribution in [0.2, 0.25) is 5.02 Å². The molecule has 0 aliphatic heterocycles. The van der Waals surface area contributed by atoms with Gasteiger partial charge in [-0.05, 0) is 91.1 Å². The molecule has 3 aromatic rings. The summed E-state index contributed by atoms with van der Waals surface area (Å²) >= 11 is 6.35. The lowest BCUT2D eigenvalue weighted by atomic mass is 9.77. The zero-order valence-corrected chi connectivity index (χ0v) is 18.5. The highest BCUT2D eigenvalue weighted by atomic mass is 35.5. The fraction of sp³-hybridized carbons (Fsp3) is 0.296. The van der Waals surface area contributed by atoms with Crippen LogP contribution in [0.1, 0.15) is 53.6 Å². The van der Waals surface area contributed by atoms with Crippen LogP contribution in [-0.4, -0.2) is 16.7 Å². The van der Waals surface area contributed by atoms with E-state index in [9.17, 15) is 9.90 Å². The van der Waals surface area contributed by atoms with Crippen LogP contribution in [0.3, 0.4) is 0 Å². The van der Waals surface area contributed by atoms with E-state index in [4.69, 9.17) is 21.1 Å². The number of benzene rings is 3. The van der Waals surface area contributed by atoms with Crippen molar-refractivity contribution in [2.75, 3.05) is 0 Å². The van der Waals surface area contributed by atoms with Crippen LogP contribution in [0.25, 0.3) is 0 Å². The second-order valence-electron chi connectivity index (χ2n) is 9.02. The Morgan fingerprint density at radius 1 is 0.906 bits per heavy atom. The maximum atomic E-state index is 11.2. The molecular weight excluding hydrogens is 424 g/mol. The first-order valence-electron chi connectivity index (χ1n) is 11.0. The Morgan fingerprint density at radius 2 is 1.62 bits per heavy atom. The molecule has 0 saturated heterocycles. The first-order valence-corrected chi connectivity index (χ1v) is 11.3. The summed E-state index contributed by atoms with van der Waals surface area (Å²) in [6.45, 7) is 0.486. The predicted molar refractivity (Wildman–Crippen MR) is 124 cm³/mol. The molecule has 5 heteroatoms. The molecule has 32 heavy (non-hydrogen) atoms. The van der Waals surface area contributed by atoms with E-state index in [1.165, 1.54) is 5.56 Å². The summed E-state index contributed by atoms with van der Waals surface area (Å²) in [6, 6.07) is 22.8. The lowest BCUT2D eigenvalue weighted by Gasteiger charge is -2.28. The SMILES string of the molecule is O=C(O)c1ccc(C23CCC(OCc4cc(Cl)cc(Oc5ccccc5)c4)(CC2)C3)cc1. The maximum absolute atomic E-state index is 11.2. The zero-order chi connectivity index (χ0) is 22.2. The third-order valence-corrected chi connectivity index (χ3v) is 7.20. The molecule has 2 bridgehead atoms. The Labute approximate surface area is 192 Å². The number of ether oxygens (including phenoxy) is 2. The minimum Gasteiger partial charge on any atom is -0.478 e. The standard InChI is InChI=1S/C27H25ClO4/c28-22-14-19(15-24(16-22)32-23-4-2-1-3-5-23)17-31-27-12-10-26(18-27,11-13-27)21-8-6-20(7-9-21)25(29)30/h1-9,14-16H,10-13,17-18H2,(H,29,30). The first kappa shape index (κ1) is 21.0. The molecule has 0 radical (unpaired) electrons. The van der Waals surface area contributed by atoms with E-state index in [0.717, 1.165) is 43.4 Å². The molecular formula is C27H25ClO4. The van der Waals surface area contributed by atoms with Gasteiger partial charge < -0.3 is 14.6 Å². The minimum atomic E-state index is -0.887. The van der Waals surface area contributed by atoms with Crippen LogP contribution in [0.15, 0.2) is 72.8 Å². The van der Waals surface area contributed by atoms with Crippen LogP contribution >= 0.6 is 11.6 Å². The number of hydrogen-bond acceptors (Lipinski definition) is 3. The second-order valence-corrected chi connectivity index (χ2v) is 9.46. The summed E-state index contributed by atoms with van der Waals surface area (Å²) in [5, 5.41) is 9.80. The molecule has 2 saturated carbocycles. The van der Waals surface area contributed by atoms with Gasteiger partial charge in [0.2, 0.25) is 0 Å². The van der Waals surface area contributed by atoms with Crippen molar-refractivity contribution in [3.63, 3.8) is 0 Å². The molecule has 3 aromatic carbocycles. The van der Waals surface area contributed by atoms with Gasteiger partial charge in [-0.3, -0.25) is 0 Å². The van der Waals surface area contributed by atoms with Crippen molar-refractivity contribution < 1.29 is 19.4 Å². The van der Waals surface area contributed by atoms with E-state index in [0.29, 0.717) is 22.9 Å². The van der Waals surface area contributed by atoms with Gasteiger partial charge in [-0.25, -0.2) is 4.79 Å². The van der Waals surface area contributed by atoms with Gasteiger partial charge in [-0.1, -0.05) is 41.9 Å². The largest absolute Gasteiger partial charge is 0.478 e. The van der Waals surface area contributed by atoms with E-state index in [2.05, 4.69) is 0 Å². The summed E-state index contributed by atoms with van der Waals surface area (Å²) in [6.07, 6.45) is 5.14. The second kappa shape index (κ2) is 8.27. The highest BCUT2D eigenvalue weighted by molar-refractivity contribution is 6.30. The number of carboxylic acids is 1. The van der Waals surface area contributed by atoms with E-state index in [1.807, 2.05) is 60.7 Å². The number of fused-ring (bicyclic) bond motifs is 2. The summed E-state index contributed by atoms with van der Waals surface area (Å²) < 4.78 is 12.5. The molecule has 2 aliphatic rings. The number of carboxylic acid groups (broad SMARTS) is 1. The molecule has 0 aromatic heterocycles. The summed E-state index contributed by atoms with van der Waals surface area (Å²) in [7, 11) is 0. The van der Waals surface area contributed by atoms with Crippen molar-refractivity contribution in [2.24, 2.45) is 0 Å². The first-order chi connectivity index (χ1) is 15.5. The van der Waals surface area contributed by atoms with Gasteiger partial charge in [-0.2, -0.15) is 0 Å². The molecule has 5 rings (SSSR count). The maximum Gasteiger partial charge on any atom is 0.335 e. The average molecular weight is 449 g/mol. The van der Waals surface area contributed by atoms with Gasteiger partial charge in [0.25, 0.3) is 0 Å². The van der Waals surface area contributed by atoms with Gasteiger partial charge in [0, 0.05) is 5.02 Å². The fourth-order valence-corrected chi connectivity index (χ4v) is 5.58. The molecule has 0 unspecified atom stereocenters. The molecule has 2 fully saturated rings. The average Bonchev–Trinajstić information content (AvgIpc) is 3.36. The minimum absolute atomic E-state index is 0.0902. The van der Waals surface area contributed by atoms with Gasteiger partial charge in [0.05, 0.1) is 17.8 Å². The van der Waals surface area contributed by atoms with Crippen LogP contribution in [-0.2, 0) is 16.8 Å². The van der Waals surface area contributed by atoms with E-state index >= 15 is 0 Å². The van der Waals surface area contributed by atoms with Crippen LogP contribution < -0.4 is 4.74 Å². The van der Waals surface area contributed by atoms with Crippen LogP contribution in [0.4, 0.5) is 0 Å². The summed E-state index contributed by atoms with van der Waals surface area (Å²) in [5.74, 6) is 0.581. The van der Waals surface area contributed by atoms with Gasteiger partial charge >= 0.3 is 5.97 Å². The monoisotopic (exact) mass is 448 g/mol. The molecule has 0 heterocycles. The zero-order valence-electron chi connectivity index (χ0n) is 17.7. The topological polar surface area (TPSA) is 55.8 Å². The molecule has 164 valence electrons.